The largest absolute Gasteiger partial charge is 0.369 e. The van der Waals surface area contributed by atoms with Crippen LogP contribution in [0.3, 0.4) is 0 Å². The highest BCUT2D eigenvalue weighted by Crippen LogP contribution is 2.21. The van der Waals surface area contributed by atoms with Crippen molar-refractivity contribution in [2.75, 3.05) is 18.1 Å². The highest BCUT2D eigenvalue weighted by Gasteiger charge is 2.20. The van der Waals surface area contributed by atoms with E-state index in [1.165, 1.54) is 0 Å². The van der Waals surface area contributed by atoms with E-state index in [0.717, 1.165) is 30.6 Å². The molecule has 1 aliphatic heterocycles. The van der Waals surface area contributed by atoms with Gasteiger partial charge in [-0.1, -0.05) is 19.1 Å². The minimum atomic E-state index is -0.396. The Balaban J connectivity index is 1.97. The number of carbonyl (C=O) groups excluding carboxylic acids is 2. The van der Waals surface area contributed by atoms with Gasteiger partial charge in [-0.25, -0.2) is 0 Å². The highest BCUT2D eigenvalue weighted by molar-refractivity contribution is 5.94. The van der Waals surface area contributed by atoms with Gasteiger partial charge in [0.15, 0.2) is 0 Å². The first-order valence-electron chi connectivity index (χ1n) is 8.44. The van der Waals surface area contributed by atoms with Crippen molar-refractivity contribution in [1.82, 2.24) is 5.32 Å². The number of hydrogen-bond donors (Lipinski definition) is 1. The molecule has 1 atom stereocenters. The number of ether oxygens (including phenoxy) is 1. The molecule has 0 aromatic heterocycles. The lowest BCUT2D eigenvalue weighted by molar-refractivity contribution is -0.132. The number of rotatable bonds is 7. The SMILES string of the molecule is CCO[C@@H](CC)C(=O)NCc1cccc(N2CCCCC2=O)c1. The number of carbonyl (C=O) groups is 2. The summed E-state index contributed by atoms with van der Waals surface area (Å²) in [6.45, 7) is 5.56. The highest BCUT2D eigenvalue weighted by atomic mass is 16.5. The van der Waals surface area contributed by atoms with E-state index in [0.29, 0.717) is 26.0 Å². The van der Waals surface area contributed by atoms with Crippen LogP contribution < -0.4 is 10.2 Å². The molecule has 0 radical (unpaired) electrons. The topological polar surface area (TPSA) is 58.6 Å². The Morgan fingerprint density at radius 3 is 2.87 bits per heavy atom. The van der Waals surface area contributed by atoms with Gasteiger partial charge in [0.2, 0.25) is 11.8 Å². The first kappa shape index (κ1) is 17.5. The molecule has 0 aliphatic carbocycles. The van der Waals surface area contributed by atoms with Crippen LogP contribution in [0.4, 0.5) is 5.69 Å². The van der Waals surface area contributed by atoms with Gasteiger partial charge in [-0.15, -0.1) is 0 Å². The van der Waals surface area contributed by atoms with Gasteiger partial charge in [0.05, 0.1) is 0 Å². The van der Waals surface area contributed by atoms with Crippen LogP contribution in [-0.2, 0) is 20.9 Å². The number of piperidine rings is 1. The van der Waals surface area contributed by atoms with Crippen molar-refractivity contribution in [3.63, 3.8) is 0 Å². The van der Waals surface area contributed by atoms with Gasteiger partial charge in [-0.3, -0.25) is 9.59 Å². The molecule has 0 bridgehead atoms. The second-order valence-electron chi connectivity index (χ2n) is 5.74. The summed E-state index contributed by atoms with van der Waals surface area (Å²) in [5.74, 6) is 0.0913. The molecule has 0 unspecified atom stereocenters. The van der Waals surface area contributed by atoms with Gasteiger partial charge in [-0.05, 0) is 43.9 Å². The van der Waals surface area contributed by atoms with E-state index in [1.54, 1.807) is 0 Å². The van der Waals surface area contributed by atoms with E-state index in [2.05, 4.69) is 5.32 Å². The Morgan fingerprint density at radius 2 is 2.17 bits per heavy atom. The van der Waals surface area contributed by atoms with Crippen molar-refractivity contribution in [2.24, 2.45) is 0 Å². The van der Waals surface area contributed by atoms with E-state index in [-0.39, 0.29) is 11.8 Å². The summed E-state index contributed by atoms with van der Waals surface area (Å²) in [5.41, 5.74) is 1.90. The minimum Gasteiger partial charge on any atom is -0.369 e. The van der Waals surface area contributed by atoms with Crippen molar-refractivity contribution < 1.29 is 14.3 Å². The van der Waals surface area contributed by atoms with Crippen molar-refractivity contribution in [2.45, 2.75) is 52.2 Å². The molecule has 1 heterocycles. The zero-order valence-corrected chi connectivity index (χ0v) is 14.0. The number of amides is 2. The molecule has 1 aromatic rings. The smallest absolute Gasteiger partial charge is 0.249 e. The van der Waals surface area contributed by atoms with Gasteiger partial charge < -0.3 is 15.0 Å². The fourth-order valence-corrected chi connectivity index (χ4v) is 2.80. The maximum Gasteiger partial charge on any atom is 0.249 e. The summed E-state index contributed by atoms with van der Waals surface area (Å²) in [4.78, 5) is 25.9. The molecule has 1 aromatic carbocycles. The third-order valence-corrected chi connectivity index (χ3v) is 4.04. The molecule has 2 amide bonds. The summed E-state index contributed by atoms with van der Waals surface area (Å²) in [6, 6.07) is 7.81. The first-order chi connectivity index (χ1) is 11.2. The van der Waals surface area contributed by atoms with Crippen LogP contribution in [0.1, 0.15) is 45.1 Å². The monoisotopic (exact) mass is 318 g/mol. The molecule has 2 rings (SSSR count). The number of hydrogen-bond acceptors (Lipinski definition) is 3. The number of benzene rings is 1. The van der Waals surface area contributed by atoms with Gasteiger partial charge >= 0.3 is 0 Å². The lowest BCUT2D eigenvalue weighted by Crippen LogP contribution is -2.36. The molecule has 1 fully saturated rings. The fraction of sp³-hybridized carbons (Fsp3) is 0.556. The predicted molar refractivity (Wildman–Crippen MR) is 90.2 cm³/mol. The second-order valence-corrected chi connectivity index (χ2v) is 5.74. The van der Waals surface area contributed by atoms with E-state index in [1.807, 2.05) is 43.0 Å². The summed E-state index contributed by atoms with van der Waals surface area (Å²) in [6.07, 6.45) is 2.89. The average molecular weight is 318 g/mol. The van der Waals surface area contributed by atoms with Crippen molar-refractivity contribution in [3.05, 3.63) is 29.8 Å². The molecule has 126 valence electrons. The van der Waals surface area contributed by atoms with Crippen LogP contribution in [0.2, 0.25) is 0 Å². The average Bonchev–Trinajstić information content (AvgIpc) is 2.58. The van der Waals surface area contributed by atoms with Gasteiger partial charge in [0.25, 0.3) is 0 Å². The second kappa shape index (κ2) is 8.67. The lowest BCUT2D eigenvalue weighted by Gasteiger charge is -2.27. The molecule has 1 N–H and O–H groups in total. The molecular weight excluding hydrogens is 292 g/mol. The molecular formula is C18H26N2O3. The van der Waals surface area contributed by atoms with Gasteiger partial charge in [0.1, 0.15) is 6.10 Å². The summed E-state index contributed by atoms with van der Waals surface area (Å²) in [7, 11) is 0. The molecule has 0 saturated carbocycles. The molecule has 5 heteroatoms. The van der Waals surface area contributed by atoms with Crippen molar-refractivity contribution in [3.8, 4) is 0 Å². The minimum absolute atomic E-state index is 0.0891. The zero-order valence-electron chi connectivity index (χ0n) is 14.0. The maximum atomic E-state index is 12.1. The molecule has 23 heavy (non-hydrogen) atoms. The van der Waals surface area contributed by atoms with Crippen LogP contribution in [0, 0.1) is 0 Å². The third-order valence-electron chi connectivity index (χ3n) is 4.04. The predicted octanol–water partition coefficient (Wildman–Crippen LogP) is 2.63. The third kappa shape index (κ3) is 4.79. The summed E-state index contributed by atoms with van der Waals surface area (Å²) in [5, 5.41) is 2.91. The molecule has 5 nitrogen and oxygen atoms in total. The van der Waals surface area contributed by atoms with Gasteiger partial charge in [0, 0.05) is 31.8 Å². The number of nitrogens with zero attached hydrogens (tertiary/aromatic N) is 1. The Hall–Kier alpha value is -1.88. The number of nitrogens with one attached hydrogen (secondary N) is 1. The Morgan fingerprint density at radius 1 is 1.35 bits per heavy atom. The van der Waals surface area contributed by atoms with Crippen molar-refractivity contribution in [1.29, 1.82) is 0 Å². The van der Waals surface area contributed by atoms with E-state index < -0.39 is 6.10 Å². The number of anilines is 1. The van der Waals surface area contributed by atoms with Crippen LogP contribution in [0.15, 0.2) is 24.3 Å². The lowest BCUT2D eigenvalue weighted by atomic mass is 10.1. The molecule has 1 saturated heterocycles. The Labute approximate surface area is 138 Å². The normalized spacial score (nSPS) is 16.3. The van der Waals surface area contributed by atoms with E-state index in [4.69, 9.17) is 4.74 Å². The molecule has 0 spiro atoms. The Bertz CT molecular complexity index is 545. The summed E-state index contributed by atoms with van der Waals surface area (Å²) < 4.78 is 5.41. The van der Waals surface area contributed by atoms with E-state index in [9.17, 15) is 9.59 Å². The van der Waals surface area contributed by atoms with E-state index >= 15 is 0 Å². The zero-order chi connectivity index (χ0) is 16.7. The van der Waals surface area contributed by atoms with Crippen LogP contribution in [0.5, 0.6) is 0 Å². The van der Waals surface area contributed by atoms with Gasteiger partial charge in [-0.2, -0.15) is 0 Å². The summed E-state index contributed by atoms with van der Waals surface area (Å²) >= 11 is 0. The Kier molecular flexibility index (Phi) is 6.59. The van der Waals surface area contributed by atoms with Crippen LogP contribution >= 0.6 is 0 Å². The van der Waals surface area contributed by atoms with Crippen LogP contribution in [0.25, 0.3) is 0 Å². The maximum absolute atomic E-state index is 12.1. The molecule has 1 aliphatic rings. The fourth-order valence-electron chi connectivity index (χ4n) is 2.80. The quantitative estimate of drug-likeness (QED) is 0.841. The van der Waals surface area contributed by atoms with Crippen LogP contribution in [-0.4, -0.2) is 31.1 Å². The van der Waals surface area contributed by atoms with Crippen molar-refractivity contribution >= 4 is 17.5 Å². The first-order valence-corrected chi connectivity index (χ1v) is 8.44. The standard InChI is InChI=1S/C18H26N2O3/c1-3-16(23-4-2)18(22)19-13-14-8-7-9-15(12-14)20-11-6-5-10-17(20)21/h7-9,12,16H,3-6,10-11,13H2,1-2H3,(H,19,22)/t16-/m0/s1.